The monoisotopic (exact) mass is 313 g/mol. The second-order valence-corrected chi connectivity index (χ2v) is 7.42. The van der Waals surface area contributed by atoms with E-state index < -0.39 is 16.1 Å². The second-order valence-electron chi connectivity index (χ2n) is 5.53. The van der Waals surface area contributed by atoms with Crippen LogP contribution in [0.25, 0.3) is 0 Å². The third kappa shape index (κ3) is 3.45. The van der Waals surface area contributed by atoms with Gasteiger partial charge in [0.15, 0.2) is 0 Å². The summed E-state index contributed by atoms with van der Waals surface area (Å²) in [6.45, 7) is 6.30. The fourth-order valence-electron chi connectivity index (χ4n) is 2.48. The first kappa shape index (κ1) is 16.4. The van der Waals surface area contributed by atoms with Crippen molar-refractivity contribution >= 4 is 10.0 Å². The van der Waals surface area contributed by atoms with Gasteiger partial charge in [0.25, 0.3) is 0 Å². The maximum absolute atomic E-state index is 12.8. The van der Waals surface area contributed by atoms with Crippen LogP contribution in [-0.2, 0) is 14.8 Å². The van der Waals surface area contributed by atoms with E-state index in [1.165, 1.54) is 0 Å². The molecule has 0 aromatic heterocycles. The Morgan fingerprint density at radius 2 is 2.00 bits per heavy atom. The number of aliphatic hydroxyl groups is 1. The Kier molecular flexibility index (Phi) is 5.03. The highest BCUT2D eigenvalue weighted by Gasteiger charge is 2.35. The average molecular weight is 313 g/mol. The van der Waals surface area contributed by atoms with Crippen LogP contribution < -0.4 is 0 Å². The van der Waals surface area contributed by atoms with E-state index in [0.29, 0.717) is 18.7 Å². The summed E-state index contributed by atoms with van der Waals surface area (Å²) in [6, 6.07) is 6.31. The molecule has 0 radical (unpaired) electrons. The van der Waals surface area contributed by atoms with E-state index in [9.17, 15) is 13.5 Å². The molecule has 2 rings (SSSR count). The smallest absolute Gasteiger partial charge is 0.243 e. The molecule has 1 aliphatic heterocycles. The molecule has 1 fully saturated rings. The van der Waals surface area contributed by atoms with E-state index >= 15 is 0 Å². The number of aliphatic hydroxyl groups excluding tert-OH is 1. The number of nitrogens with zero attached hydrogens (tertiary/aromatic N) is 1. The van der Waals surface area contributed by atoms with Gasteiger partial charge in [-0.25, -0.2) is 8.42 Å². The molecule has 0 spiro atoms. The molecule has 0 amide bonds. The first-order valence-electron chi connectivity index (χ1n) is 7.27. The van der Waals surface area contributed by atoms with Gasteiger partial charge < -0.3 is 9.84 Å². The van der Waals surface area contributed by atoms with E-state index in [1.54, 1.807) is 35.5 Å². The summed E-state index contributed by atoms with van der Waals surface area (Å²) in [5.74, 6) is 0. The Balaban J connectivity index is 2.31. The van der Waals surface area contributed by atoms with Crippen LogP contribution in [0.15, 0.2) is 29.2 Å². The molecule has 0 aliphatic carbocycles. The molecular formula is C15H23NO4S. The molecule has 21 heavy (non-hydrogen) atoms. The van der Waals surface area contributed by atoms with Crippen molar-refractivity contribution in [2.75, 3.05) is 13.2 Å². The van der Waals surface area contributed by atoms with Gasteiger partial charge in [-0.3, -0.25) is 0 Å². The normalized spacial score (nSPS) is 25.7. The third-order valence-electron chi connectivity index (χ3n) is 3.86. The quantitative estimate of drug-likeness (QED) is 0.922. The minimum absolute atomic E-state index is 0.0979. The molecule has 1 N–H and O–H groups in total. The maximum atomic E-state index is 12.8. The van der Waals surface area contributed by atoms with Crippen molar-refractivity contribution in [3.05, 3.63) is 29.8 Å². The number of hydrogen-bond donors (Lipinski definition) is 1. The number of ether oxygens (including phenoxy) is 1. The zero-order valence-electron chi connectivity index (χ0n) is 12.7. The molecule has 3 unspecified atom stereocenters. The standard InChI is InChI=1S/C15H23NO4S/c1-4-14-10-20-11(2)9-16(14)21(18,19)15-7-5-13(6-8-15)12(3)17/h5-8,11-12,14,17H,4,9-10H2,1-3H3. The molecule has 118 valence electrons. The van der Waals surface area contributed by atoms with Crippen LogP contribution in [0.2, 0.25) is 0 Å². The van der Waals surface area contributed by atoms with Gasteiger partial charge >= 0.3 is 0 Å². The van der Waals surface area contributed by atoms with Gasteiger partial charge in [0.1, 0.15) is 0 Å². The lowest BCUT2D eigenvalue weighted by molar-refractivity contribution is -0.0230. The highest BCUT2D eigenvalue weighted by atomic mass is 32.2. The van der Waals surface area contributed by atoms with Gasteiger partial charge in [-0.05, 0) is 38.0 Å². The molecular weight excluding hydrogens is 290 g/mol. The molecule has 6 heteroatoms. The molecule has 5 nitrogen and oxygen atoms in total. The Morgan fingerprint density at radius 1 is 1.38 bits per heavy atom. The van der Waals surface area contributed by atoms with Crippen LogP contribution in [0.1, 0.15) is 38.9 Å². The van der Waals surface area contributed by atoms with Crippen LogP contribution in [0.5, 0.6) is 0 Å². The summed E-state index contributed by atoms with van der Waals surface area (Å²) in [6.07, 6.45) is 0.0189. The first-order chi connectivity index (χ1) is 9.86. The van der Waals surface area contributed by atoms with Gasteiger partial charge in [0, 0.05) is 12.6 Å². The molecule has 1 aliphatic rings. The summed E-state index contributed by atoms with van der Waals surface area (Å²) in [4.78, 5) is 0.263. The Labute approximate surface area is 126 Å². The number of hydrogen-bond acceptors (Lipinski definition) is 4. The summed E-state index contributed by atoms with van der Waals surface area (Å²) in [5.41, 5.74) is 0.705. The van der Waals surface area contributed by atoms with Crippen molar-refractivity contribution in [3.8, 4) is 0 Å². The van der Waals surface area contributed by atoms with Crippen LogP contribution in [0, 0.1) is 0 Å². The summed E-state index contributed by atoms with van der Waals surface area (Å²) >= 11 is 0. The lowest BCUT2D eigenvalue weighted by Crippen LogP contribution is -2.51. The van der Waals surface area contributed by atoms with Gasteiger partial charge in [0.05, 0.1) is 23.7 Å². The van der Waals surface area contributed by atoms with Gasteiger partial charge in [-0.15, -0.1) is 0 Å². The Bertz CT molecular complexity index is 568. The van der Waals surface area contributed by atoms with E-state index in [4.69, 9.17) is 4.74 Å². The number of rotatable bonds is 4. The Hall–Kier alpha value is -0.950. The minimum Gasteiger partial charge on any atom is -0.389 e. The number of morpholine rings is 1. The molecule has 1 aromatic carbocycles. The van der Waals surface area contributed by atoms with E-state index in [2.05, 4.69) is 0 Å². The van der Waals surface area contributed by atoms with Crippen LogP contribution in [0.3, 0.4) is 0 Å². The second kappa shape index (κ2) is 6.44. The van der Waals surface area contributed by atoms with Crippen molar-refractivity contribution in [1.29, 1.82) is 0 Å². The summed E-state index contributed by atoms with van der Waals surface area (Å²) in [5, 5.41) is 9.50. The Morgan fingerprint density at radius 3 is 2.52 bits per heavy atom. The topological polar surface area (TPSA) is 66.8 Å². The van der Waals surface area contributed by atoms with Crippen molar-refractivity contribution in [1.82, 2.24) is 4.31 Å². The lowest BCUT2D eigenvalue weighted by atomic mass is 10.1. The van der Waals surface area contributed by atoms with E-state index in [0.717, 1.165) is 6.42 Å². The van der Waals surface area contributed by atoms with Crippen molar-refractivity contribution in [2.45, 2.75) is 50.3 Å². The predicted octanol–water partition coefficient (Wildman–Crippen LogP) is 1.93. The van der Waals surface area contributed by atoms with Gasteiger partial charge in [-0.2, -0.15) is 4.31 Å². The van der Waals surface area contributed by atoms with Crippen molar-refractivity contribution in [3.63, 3.8) is 0 Å². The fourth-order valence-corrected chi connectivity index (χ4v) is 4.24. The SMILES string of the molecule is CCC1COC(C)CN1S(=O)(=O)c1ccc(C(C)O)cc1. The molecule has 3 atom stereocenters. The summed E-state index contributed by atoms with van der Waals surface area (Å²) < 4.78 is 32.7. The molecule has 0 bridgehead atoms. The van der Waals surface area contributed by atoms with Crippen LogP contribution in [-0.4, -0.2) is 43.1 Å². The van der Waals surface area contributed by atoms with E-state index in [1.807, 2.05) is 13.8 Å². The lowest BCUT2D eigenvalue weighted by Gasteiger charge is -2.37. The maximum Gasteiger partial charge on any atom is 0.243 e. The van der Waals surface area contributed by atoms with Crippen molar-refractivity contribution < 1.29 is 18.3 Å². The van der Waals surface area contributed by atoms with Gasteiger partial charge in [-0.1, -0.05) is 19.1 Å². The fraction of sp³-hybridized carbons (Fsp3) is 0.600. The average Bonchev–Trinajstić information content (AvgIpc) is 2.47. The predicted molar refractivity (Wildman–Crippen MR) is 80.5 cm³/mol. The highest BCUT2D eigenvalue weighted by molar-refractivity contribution is 7.89. The molecule has 1 aromatic rings. The number of sulfonamides is 1. The minimum atomic E-state index is -3.53. The molecule has 1 heterocycles. The zero-order valence-corrected chi connectivity index (χ0v) is 13.5. The van der Waals surface area contributed by atoms with Crippen molar-refractivity contribution in [2.24, 2.45) is 0 Å². The third-order valence-corrected chi connectivity index (χ3v) is 5.79. The molecule has 1 saturated heterocycles. The van der Waals surface area contributed by atoms with Crippen LogP contribution in [0.4, 0.5) is 0 Å². The van der Waals surface area contributed by atoms with E-state index in [-0.39, 0.29) is 17.0 Å². The summed E-state index contributed by atoms with van der Waals surface area (Å²) in [7, 11) is -3.53. The number of benzene rings is 1. The largest absolute Gasteiger partial charge is 0.389 e. The zero-order chi connectivity index (χ0) is 15.6. The highest BCUT2D eigenvalue weighted by Crippen LogP contribution is 2.25. The molecule has 0 saturated carbocycles. The first-order valence-corrected chi connectivity index (χ1v) is 8.71. The van der Waals surface area contributed by atoms with Gasteiger partial charge in [0.2, 0.25) is 10.0 Å². The van der Waals surface area contributed by atoms with Crippen LogP contribution >= 0.6 is 0 Å².